The Kier molecular flexibility index (Phi) is 9.17. The van der Waals surface area contributed by atoms with E-state index in [1.165, 1.54) is 0 Å². The van der Waals surface area contributed by atoms with Crippen molar-refractivity contribution in [1.29, 1.82) is 0 Å². The average Bonchev–Trinajstić information content (AvgIpc) is 3.38. The molecule has 6 nitrogen and oxygen atoms in total. The first-order valence-corrected chi connectivity index (χ1v) is 8.68. The van der Waals surface area contributed by atoms with E-state index in [4.69, 9.17) is 14.2 Å². The van der Waals surface area contributed by atoms with Crippen molar-refractivity contribution in [3.8, 4) is 0 Å². The predicted octanol–water partition coefficient (Wildman–Crippen LogP) is 1.87. The Morgan fingerprint density at radius 1 is 1.17 bits per heavy atom. The highest BCUT2D eigenvalue weighted by Crippen LogP contribution is 2.19. The summed E-state index contributed by atoms with van der Waals surface area (Å²) in [5.41, 5.74) is 0. The summed E-state index contributed by atoms with van der Waals surface area (Å²) < 4.78 is 15.5. The lowest BCUT2D eigenvalue weighted by Crippen LogP contribution is -2.30. The number of likely N-dealkylation sites (N-methyl/N-ethyl adjacent to an activating group) is 1. The fourth-order valence-electron chi connectivity index (χ4n) is 2.37. The molecule has 0 aromatic heterocycles. The minimum atomic E-state index is -0.311. The summed E-state index contributed by atoms with van der Waals surface area (Å²) in [7, 11) is 0. The molecule has 0 amide bonds. The number of rotatable bonds is 12. The summed E-state index contributed by atoms with van der Waals surface area (Å²) >= 11 is 0. The molecule has 0 bridgehead atoms. The summed E-state index contributed by atoms with van der Waals surface area (Å²) in [6.07, 6.45) is 1.19. The van der Waals surface area contributed by atoms with Crippen LogP contribution in [0.1, 0.15) is 40.5 Å². The maximum atomic E-state index is 12.2. The van der Waals surface area contributed by atoms with Crippen LogP contribution in [0.2, 0.25) is 0 Å². The molecule has 0 saturated carbocycles. The Balaban J connectivity index is 2.29. The third-order valence-corrected chi connectivity index (χ3v) is 4.23. The van der Waals surface area contributed by atoms with Gasteiger partial charge in [-0.15, -0.1) is 0 Å². The number of hydrogen-bond acceptors (Lipinski definition) is 6. The van der Waals surface area contributed by atoms with Gasteiger partial charge in [0.25, 0.3) is 0 Å². The van der Waals surface area contributed by atoms with Crippen LogP contribution in [0.3, 0.4) is 0 Å². The van der Waals surface area contributed by atoms with Gasteiger partial charge in [-0.3, -0.25) is 9.59 Å². The molecule has 0 aromatic rings. The first-order valence-electron chi connectivity index (χ1n) is 8.68. The molecule has 1 aliphatic heterocycles. The van der Waals surface area contributed by atoms with Gasteiger partial charge in [0.1, 0.15) is 19.3 Å². The quantitative estimate of drug-likeness (QED) is 0.402. The monoisotopic (exact) mass is 329 g/mol. The topological polar surface area (TPSA) is 68.4 Å². The molecule has 0 spiro atoms. The lowest BCUT2D eigenvalue weighted by molar-refractivity contribution is -0.153. The van der Waals surface area contributed by atoms with Gasteiger partial charge in [-0.2, -0.15) is 0 Å². The van der Waals surface area contributed by atoms with Crippen LogP contribution in [-0.2, 0) is 23.8 Å². The Labute approximate surface area is 139 Å². The highest BCUT2D eigenvalue weighted by Gasteiger charge is 2.28. The van der Waals surface area contributed by atoms with E-state index in [0.717, 1.165) is 19.6 Å². The van der Waals surface area contributed by atoms with E-state index in [2.05, 4.69) is 18.7 Å². The summed E-state index contributed by atoms with van der Waals surface area (Å²) in [5.74, 6) is -1.06. The molecule has 3 atom stereocenters. The summed E-state index contributed by atoms with van der Waals surface area (Å²) in [5, 5.41) is 0. The van der Waals surface area contributed by atoms with Gasteiger partial charge in [0.2, 0.25) is 0 Å². The summed E-state index contributed by atoms with van der Waals surface area (Å²) in [6.45, 7) is 11.9. The molecule has 3 unspecified atom stereocenters. The van der Waals surface area contributed by atoms with E-state index in [1.54, 1.807) is 6.92 Å². The summed E-state index contributed by atoms with van der Waals surface area (Å²) in [4.78, 5) is 26.3. The molecule has 1 heterocycles. The maximum absolute atomic E-state index is 12.2. The first-order chi connectivity index (χ1) is 11.0. The Hall–Kier alpha value is -1.14. The van der Waals surface area contributed by atoms with E-state index < -0.39 is 0 Å². The fourth-order valence-corrected chi connectivity index (χ4v) is 2.37. The third-order valence-electron chi connectivity index (χ3n) is 4.23. The van der Waals surface area contributed by atoms with Crippen molar-refractivity contribution in [3.63, 3.8) is 0 Å². The lowest BCUT2D eigenvalue weighted by atomic mass is 9.94. The Bertz CT molecular complexity index is 366. The Morgan fingerprint density at radius 3 is 2.35 bits per heavy atom. The molecule has 6 heteroatoms. The molecule has 134 valence electrons. The second-order valence-electron chi connectivity index (χ2n) is 6.02. The minimum absolute atomic E-state index is 0.0677. The van der Waals surface area contributed by atoms with Gasteiger partial charge in [-0.05, 0) is 25.9 Å². The van der Waals surface area contributed by atoms with Gasteiger partial charge in [-0.1, -0.05) is 27.7 Å². The molecule has 1 rings (SSSR count). The van der Waals surface area contributed by atoms with Gasteiger partial charge in [0.15, 0.2) is 0 Å². The molecule has 1 saturated heterocycles. The number of carbonyl (C=O) groups is 2. The zero-order valence-electron chi connectivity index (χ0n) is 14.9. The SMILES string of the molecule is CCC(CC(C)C(=O)OCC1CO1)C(=O)OCCN(CC)CC. The van der Waals surface area contributed by atoms with E-state index >= 15 is 0 Å². The van der Waals surface area contributed by atoms with Gasteiger partial charge in [0, 0.05) is 6.54 Å². The highest BCUT2D eigenvalue weighted by atomic mass is 16.6. The number of esters is 2. The van der Waals surface area contributed by atoms with Crippen molar-refractivity contribution in [2.24, 2.45) is 11.8 Å². The first kappa shape index (κ1) is 19.9. The van der Waals surface area contributed by atoms with Crippen LogP contribution < -0.4 is 0 Å². The summed E-state index contributed by atoms with van der Waals surface area (Å²) in [6, 6.07) is 0. The van der Waals surface area contributed by atoms with Gasteiger partial charge in [-0.25, -0.2) is 0 Å². The molecular formula is C17H31NO5. The number of hydrogen-bond donors (Lipinski definition) is 0. The van der Waals surface area contributed by atoms with Gasteiger partial charge >= 0.3 is 11.9 Å². The van der Waals surface area contributed by atoms with Crippen molar-refractivity contribution in [3.05, 3.63) is 0 Å². The zero-order chi connectivity index (χ0) is 17.2. The maximum Gasteiger partial charge on any atom is 0.308 e. The molecular weight excluding hydrogens is 298 g/mol. The van der Waals surface area contributed by atoms with Crippen LogP contribution in [0.4, 0.5) is 0 Å². The van der Waals surface area contributed by atoms with E-state index in [1.807, 2.05) is 6.92 Å². The van der Waals surface area contributed by atoms with Crippen LogP contribution in [0.25, 0.3) is 0 Å². The predicted molar refractivity (Wildman–Crippen MR) is 87.0 cm³/mol. The number of ether oxygens (including phenoxy) is 3. The second kappa shape index (κ2) is 10.6. The van der Waals surface area contributed by atoms with Crippen molar-refractivity contribution < 1.29 is 23.8 Å². The standard InChI is InChI=1S/C17H31NO5/c1-5-14(17(20)21-9-8-18(6-2)7-3)10-13(4)16(19)23-12-15-11-22-15/h13-15H,5-12H2,1-4H3. The molecule has 1 aliphatic rings. The van der Waals surface area contributed by atoms with Crippen LogP contribution in [0, 0.1) is 11.8 Å². The van der Waals surface area contributed by atoms with E-state index in [0.29, 0.717) is 32.7 Å². The average molecular weight is 329 g/mol. The van der Waals surface area contributed by atoms with Gasteiger partial charge < -0.3 is 19.1 Å². The van der Waals surface area contributed by atoms with E-state index in [-0.39, 0.29) is 29.9 Å². The molecule has 0 aliphatic carbocycles. The second-order valence-corrected chi connectivity index (χ2v) is 6.02. The molecule has 0 aromatic carbocycles. The van der Waals surface area contributed by atoms with Crippen molar-refractivity contribution in [2.75, 3.05) is 39.5 Å². The van der Waals surface area contributed by atoms with Crippen LogP contribution in [0.15, 0.2) is 0 Å². The largest absolute Gasteiger partial charge is 0.464 e. The number of epoxide rings is 1. The third kappa shape index (κ3) is 7.79. The molecule has 23 heavy (non-hydrogen) atoms. The molecule has 0 radical (unpaired) electrons. The van der Waals surface area contributed by atoms with E-state index in [9.17, 15) is 9.59 Å². The lowest BCUT2D eigenvalue weighted by Gasteiger charge is -2.20. The minimum Gasteiger partial charge on any atom is -0.464 e. The van der Waals surface area contributed by atoms with Gasteiger partial charge in [0.05, 0.1) is 18.4 Å². The van der Waals surface area contributed by atoms with Crippen molar-refractivity contribution in [1.82, 2.24) is 4.90 Å². The fraction of sp³-hybridized carbons (Fsp3) is 0.882. The van der Waals surface area contributed by atoms with Crippen LogP contribution >= 0.6 is 0 Å². The van der Waals surface area contributed by atoms with Crippen LogP contribution in [-0.4, -0.2) is 62.4 Å². The smallest absolute Gasteiger partial charge is 0.308 e. The normalized spacial score (nSPS) is 19.3. The Morgan fingerprint density at radius 2 is 1.83 bits per heavy atom. The van der Waals surface area contributed by atoms with Crippen LogP contribution in [0.5, 0.6) is 0 Å². The number of carbonyl (C=O) groups excluding carboxylic acids is 2. The molecule has 1 fully saturated rings. The molecule has 0 N–H and O–H groups in total. The van der Waals surface area contributed by atoms with Crippen molar-refractivity contribution >= 4 is 11.9 Å². The number of nitrogens with zero attached hydrogens (tertiary/aromatic N) is 1. The highest BCUT2D eigenvalue weighted by molar-refractivity contribution is 5.75. The van der Waals surface area contributed by atoms with Crippen molar-refractivity contribution in [2.45, 2.75) is 46.6 Å². The zero-order valence-corrected chi connectivity index (χ0v) is 14.9.